The smallest absolute Gasteiger partial charge is 0.106 e. The van der Waals surface area contributed by atoms with Crippen molar-refractivity contribution in [2.24, 2.45) is 0 Å². The zero-order valence-corrected chi connectivity index (χ0v) is 14.0. The lowest BCUT2D eigenvalue weighted by atomic mass is 10.1. The third-order valence-electron chi connectivity index (χ3n) is 3.04. The fraction of sp³-hybridized carbons (Fsp3) is 0.467. The van der Waals surface area contributed by atoms with E-state index in [1.807, 2.05) is 19.3 Å². The maximum absolute atomic E-state index is 4.43. The van der Waals surface area contributed by atoms with Gasteiger partial charge in [0.15, 0.2) is 0 Å². The van der Waals surface area contributed by atoms with E-state index < -0.39 is 0 Å². The van der Waals surface area contributed by atoms with Crippen LogP contribution in [0, 0.1) is 6.92 Å². The van der Waals surface area contributed by atoms with Crippen molar-refractivity contribution in [3.05, 3.63) is 46.2 Å². The molecule has 0 radical (unpaired) electrons. The molecule has 1 N–H and O–H groups in total. The Labute approximate surface area is 128 Å². The molecule has 0 atom stereocenters. The Morgan fingerprint density at radius 1 is 1.25 bits per heavy atom. The van der Waals surface area contributed by atoms with Crippen molar-refractivity contribution in [1.82, 2.24) is 19.9 Å². The Morgan fingerprint density at radius 3 is 2.65 bits per heavy atom. The molecular weight excluding hydrogens is 316 g/mol. The summed E-state index contributed by atoms with van der Waals surface area (Å²) in [5, 5.41) is 3.50. The number of hydrogen-bond donors (Lipinski definition) is 1. The number of aromatic nitrogens is 3. The van der Waals surface area contributed by atoms with Gasteiger partial charge in [-0.25, -0.2) is 4.98 Å². The van der Waals surface area contributed by atoms with Gasteiger partial charge < -0.3 is 9.88 Å². The quantitative estimate of drug-likeness (QED) is 0.931. The normalized spacial score (nSPS) is 11.8. The van der Waals surface area contributed by atoms with Gasteiger partial charge in [0.05, 0.1) is 12.2 Å². The van der Waals surface area contributed by atoms with Gasteiger partial charge in [-0.15, -0.1) is 0 Å². The van der Waals surface area contributed by atoms with E-state index in [1.165, 1.54) is 5.69 Å². The Morgan fingerprint density at radius 2 is 2.00 bits per heavy atom. The average Bonchev–Trinajstić information content (AvgIpc) is 2.68. The largest absolute Gasteiger partial charge is 0.327 e. The number of halogens is 1. The summed E-state index contributed by atoms with van der Waals surface area (Å²) in [7, 11) is 0. The number of pyridine rings is 1. The summed E-state index contributed by atoms with van der Waals surface area (Å²) in [4.78, 5) is 8.64. The Hall–Kier alpha value is -1.20. The maximum Gasteiger partial charge on any atom is 0.106 e. The van der Waals surface area contributed by atoms with Crippen LogP contribution in [0.15, 0.2) is 29.1 Å². The molecule has 0 saturated heterocycles. The molecule has 0 bridgehead atoms. The molecule has 2 heterocycles. The van der Waals surface area contributed by atoms with Crippen molar-refractivity contribution in [2.75, 3.05) is 0 Å². The van der Waals surface area contributed by atoms with Crippen LogP contribution in [0.25, 0.3) is 0 Å². The van der Waals surface area contributed by atoms with Crippen LogP contribution in [0.5, 0.6) is 0 Å². The van der Waals surface area contributed by atoms with E-state index in [1.54, 1.807) is 6.20 Å². The van der Waals surface area contributed by atoms with Crippen molar-refractivity contribution >= 4 is 15.9 Å². The molecular formula is C15H21BrN4. The lowest BCUT2D eigenvalue weighted by Crippen LogP contribution is -2.35. The second-order valence-corrected chi connectivity index (χ2v) is 6.91. The van der Waals surface area contributed by atoms with E-state index in [0.29, 0.717) is 0 Å². The molecule has 2 aromatic heterocycles. The number of nitrogens with one attached hydrogen (secondary N) is 1. The van der Waals surface area contributed by atoms with Crippen LogP contribution in [-0.2, 0) is 13.1 Å². The number of rotatable bonds is 4. The van der Waals surface area contributed by atoms with Crippen LogP contribution in [0.3, 0.4) is 0 Å². The topological polar surface area (TPSA) is 42.7 Å². The highest BCUT2D eigenvalue weighted by Crippen LogP contribution is 2.14. The van der Waals surface area contributed by atoms with Crippen molar-refractivity contribution in [3.63, 3.8) is 0 Å². The van der Waals surface area contributed by atoms with Gasteiger partial charge in [-0.05, 0) is 55.3 Å². The van der Waals surface area contributed by atoms with Crippen LogP contribution in [0.2, 0.25) is 0 Å². The molecule has 0 amide bonds. The highest BCUT2D eigenvalue weighted by Gasteiger charge is 2.12. The predicted molar refractivity (Wildman–Crippen MR) is 84.6 cm³/mol. The van der Waals surface area contributed by atoms with Gasteiger partial charge in [-0.2, -0.15) is 0 Å². The molecule has 20 heavy (non-hydrogen) atoms. The van der Waals surface area contributed by atoms with Crippen molar-refractivity contribution < 1.29 is 0 Å². The standard InChI is InChI=1S/C15H21BrN4/c1-11-18-8-14(9-19-15(2,3)4)20(11)10-12-5-13(16)7-17-6-12/h5-8,19H,9-10H2,1-4H3. The second-order valence-electron chi connectivity index (χ2n) is 6.00. The Balaban J connectivity index is 2.17. The van der Waals surface area contributed by atoms with Crippen molar-refractivity contribution in [3.8, 4) is 0 Å². The molecule has 0 aliphatic heterocycles. The molecule has 0 saturated carbocycles. The predicted octanol–water partition coefficient (Wildman–Crippen LogP) is 3.29. The van der Waals surface area contributed by atoms with Gasteiger partial charge >= 0.3 is 0 Å². The highest BCUT2D eigenvalue weighted by atomic mass is 79.9. The first-order valence-electron chi connectivity index (χ1n) is 6.70. The number of nitrogens with zero attached hydrogens (tertiary/aromatic N) is 3. The van der Waals surface area contributed by atoms with E-state index in [0.717, 1.165) is 29.0 Å². The Bertz CT molecular complexity index is 584. The Kier molecular flexibility index (Phi) is 4.60. The summed E-state index contributed by atoms with van der Waals surface area (Å²) < 4.78 is 3.23. The fourth-order valence-corrected chi connectivity index (χ4v) is 2.37. The van der Waals surface area contributed by atoms with Gasteiger partial charge in [-0.1, -0.05) is 0 Å². The van der Waals surface area contributed by atoms with Crippen molar-refractivity contribution in [1.29, 1.82) is 0 Å². The van der Waals surface area contributed by atoms with Crippen LogP contribution in [-0.4, -0.2) is 20.1 Å². The summed E-state index contributed by atoms with van der Waals surface area (Å²) in [6.45, 7) is 10.1. The van der Waals surface area contributed by atoms with Gasteiger partial charge in [0.1, 0.15) is 5.82 Å². The third-order valence-corrected chi connectivity index (χ3v) is 3.47. The molecule has 0 aromatic carbocycles. The molecule has 0 aliphatic rings. The average molecular weight is 337 g/mol. The van der Waals surface area contributed by atoms with E-state index in [2.05, 4.69) is 62.6 Å². The summed E-state index contributed by atoms with van der Waals surface area (Å²) in [5.41, 5.74) is 2.45. The fourth-order valence-electron chi connectivity index (χ4n) is 1.95. The molecule has 0 unspecified atom stereocenters. The minimum Gasteiger partial charge on any atom is -0.327 e. The van der Waals surface area contributed by atoms with Gasteiger partial charge in [0, 0.05) is 35.1 Å². The summed E-state index contributed by atoms with van der Waals surface area (Å²) in [6.07, 6.45) is 5.64. The molecule has 2 rings (SSSR count). The SMILES string of the molecule is Cc1ncc(CNC(C)(C)C)n1Cc1cncc(Br)c1. The van der Waals surface area contributed by atoms with Crippen molar-refractivity contribution in [2.45, 2.75) is 46.3 Å². The molecule has 108 valence electrons. The number of hydrogen-bond acceptors (Lipinski definition) is 3. The second kappa shape index (κ2) is 6.06. The molecule has 5 heteroatoms. The summed E-state index contributed by atoms with van der Waals surface area (Å²) in [6, 6.07) is 2.09. The van der Waals surface area contributed by atoms with E-state index in [9.17, 15) is 0 Å². The lowest BCUT2D eigenvalue weighted by Gasteiger charge is -2.21. The van der Waals surface area contributed by atoms with Gasteiger partial charge in [0.2, 0.25) is 0 Å². The van der Waals surface area contributed by atoms with Gasteiger partial charge in [0.25, 0.3) is 0 Å². The van der Waals surface area contributed by atoms with E-state index in [-0.39, 0.29) is 5.54 Å². The van der Waals surface area contributed by atoms with Crippen LogP contribution in [0.1, 0.15) is 37.9 Å². The lowest BCUT2D eigenvalue weighted by molar-refractivity contribution is 0.416. The summed E-state index contributed by atoms with van der Waals surface area (Å²) >= 11 is 3.46. The van der Waals surface area contributed by atoms with Crippen LogP contribution >= 0.6 is 15.9 Å². The minimum absolute atomic E-state index is 0.0976. The monoisotopic (exact) mass is 336 g/mol. The zero-order chi connectivity index (χ0) is 14.8. The summed E-state index contributed by atoms with van der Waals surface area (Å²) in [5.74, 6) is 1.02. The zero-order valence-electron chi connectivity index (χ0n) is 12.4. The highest BCUT2D eigenvalue weighted by molar-refractivity contribution is 9.10. The minimum atomic E-state index is 0.0976. The first-order valence-corrected chi connectivity index (χ1v) is 7.50. The molecule has 0 fully saturated rings. The van der Waals surface area contributed by atoms with E-state index in [4.69, 9.17) is 0 Å². The van der Waals surface area contributed by atoms with E-state index >= 15 is 0 Å². The van der Waals surface area contributed by atoms with Gasteiger partial charge in [-0.3, -0.25) is 4.98 Å². The van der Waals surface area contributed by atoms with Crippen LogP contribution < -0.4 is 5.32 Å². The third kappa shape index (κ3) is 4.15. The number of aryl methyl sites for hydroxylation is 1. The number of imidazole rings is 1. The molecule has 0 spiro atoms. The first kappa shape index (κ1) is 15.2. The maximum atomic E-state index is 4.43. The first-order chi connectivity index (χ1) is 9.35. The molecule has 0 aliphatic carbocycles. The van der Waals surface area contributed by atoms with Crippen LogP contribution in [0.4, 0.5) is 0 Å². The molecule has 2 aromatic rings. The molecule has 4 nitrogen and oxygen atoms in total.